The fraction of sp³-hybridized carbons (Fsp3) is 0.136. The minimum atomic E-state index is -2.57. The molecule has 0 heterocycles. The third kappa shape index (κ3) is 3.85. The molecule has 0 bridgehead atoms. The molecule has 0 N–H and O–H groups in total. The van der Waals surface area contributed by atoms with E-state index in [2.05, 4.69) is 36.4 Å². The summed E-state index contributed by atoms with van der Waals surface area (Å²) in [7, 11) is -1.05. The van der Waals surface area contributed by atoms with Gasteiger partial charge in [0.1, 0.15) is 0 Å². The van der Waals surface area contributed by atoms with Gasteiger partial charge in [-0.05, 0) is 0 Å². The molecule has 4 heteroatoms. The number of carbonyl (C=O) groups excluding carboxylic acids is 1. The molecule has 3 nitrogen and oxygen atoms in total. The van der Waals surface area contributed by atoms with E-state index in [4.69, 9.17) is 9.47 Å². The van der Waals surface area contributed by atoms with Gasteiger partial charge in [-0.3, -0.25) is 0 Å². The Morgan fingerprint density at radius 3 is 1.46 bits per heavy atom. The molecule has 0 saturated heterocycles. The normalized spacial score (nSPS) is 11.7. The molecule has 0 amide bonds. The van der Waals surface area contributed by atoms with Crippen LogP contribution in [0.3, 0.4) is 0 Å². The number of hydrogen-bond acceptors (Lipinski definition) is 3. The van der Waals surface area contributed by atoms with E-state index in [9.17, 15) is 4.79 Å². The van der Waals surface area contributed by atoms with E-state index in [1.165, 1.54) is 23.0 Å². The minimum absolute atomic E-state index is 0.0261. The van der Waals surface area contributed by atoms with E-state index in [0.717, 1.165) is 0 Å². The van der Waals surface area contributed by atoms with Crippen LogP contribution in [0.15, 0.2) is 91.0 Å². The molecule has 0 radical (unpaired) electrons. The van der Waals surface area contributed by atoms with Crippen LogP contribution in [0.4, 0.5) is 0 Å². The van der Waals surface area contributed by atoms with Gasteiger partial charge in [0.2, 0.25) is 0 Å². The zero-order valence-corrected chi connectivity index (χ0v) is 15.8. The van der Waals surface area contributed by atoms with E-state index in [-0.39, 0.29) is 12.8 Å². The molecule has 3 rings (SSSR count). The Hall–Kier alpha value is -2.48. The van der Waals surface area contributed by atoms with Gasteiger partial charge < -0.3 is 0 Å². The number of hydrogen-bond donors (Lipinski definition) is 0. The van der Waals surface area contributed by atoms with E-state index in [0.29, 0.717) is 6.16 Å². The first-order valence-electron chi connectivity index (χ1n) is 8.58. The number of carbonyl (C=O) groups is 1. The van der Waals surface area contributed by atoms with Gasteiger partial charge in [0, 0.05) is 0 Å². The Morgan fingerprint density at radius 1 is 0.731 bits per heavy atom. The molecule has 0 fully saturated rings. The molecule has 0 aliphatic rings. The first-order chi connectivity index (χ1) is 12.8. The van der Waals surface area contributed by atoms with Crippen molar-refractivity contribution in [2.45, 2.75) is 0 Å². The predicted molar refractivity (Wildman–Crippen MR) is 109 cm³/mol. The topological polar surface area (TPSA) is 35.5 Å². The number of methoxy groups -OCH3 is 1. The maximum atomic E-state index is 12.7. The van der Waals surface area contributed by atoms with Crippen LogP contribution in [0.25, 0.3) is 0 Å². The molecule has 3 aromatic carbocycles. The molecule has 0 aliphatic carbocycles. The quantitative estimate of drug-likeness (QED) is 0.366. The second-order valence-corrected chi connectivity index (χ2v) is 10.00. The second-order valence-electron chi connectivity index (χ2n) is 6.10. The Bertz CT molecular complexity index is 723. The van der Waals surface area contributed by atoms with Gasteiger partial charge in [-0.15, -0.1) is 0 Å². The summed E-state index contributed by atoms with van der Waals surface area (Å²) >= 11 is 0. The summed E-state index contributed by atoms with van der Waals surface area (Å²) in [6.45, 7) is -0.0261. The van der Waals surface area contributed by atoms with Gasteiger partial charge in [0.15, 0.2) is 0 Å². The third-order valence-corrected chi connectivity index (χ3v) is 9.32. The Kier molecular flexibility index (Phi) is 6.17. The van der Waals surface area contributed by atoms with Crippen LogP contribution in [0, 0.1) is 0 Å². The van der Waals surface area contributed by atoms with Crippen LogP contribution in [-0.2, 0) is 14.3 Å². The molecule has 0 saturated carbocycles. The van der Waals surface area contributed by atoms with Crippen LogP contribution in [0.1, 0.15) is 0 Å². The SMILES string of the molecule is COCOC(=O)C[PH](c1ccccc1)(c1ccccc1)c1ccccc1. The fourth-order valence-electron chi connectivity index (χ4n) is 3.37. The van der Waals surface area contributed by atoms with E-state index >= 15 is 0 Å². The number of ether oxygens (including phenoxy) is 2. The summed E-state index contributed by atoms with van der Waals surface area (Å²) in [6, 6.07) is 30.9. The average Bonchev–Trinajstić information content (AvgIpc) is 2.72. The van der Waals surface area contributed by atoms with Crippen molar-refractivity contribution >= 4 is 29.1 Å². The molecular weight excluding hydrogens is 343 g/mol. The summed E-state index contributed by atoms with van der Waals surface area (Å²) in [6.07, 6.45) is 0.328. The van der Waals surface area contributed by atoms with Crippen molar-refractivity contribution in [3.05, 3.63) is 91.0 Å². The first-order valence-corrected chi connectivity index (χ1v) is 10.8. The van der Waals surface area contributed by atoms with Crippen molar-refractivity contribution in [2.24, 2.45) is 0 Å². The van der Waals surface area contributed by atoms with Crippen molar-refractivity contribution in [3.8, 4) is 0 Å². The van der Waals surface area contributed by atoms with Crippen LogP contribution in [-0.4, -0.2) is 26.0 Å². The molecular formula is C22H23O3P. The number of rotatable bonds is 7. The van der Waals surface area contributed by atoms with Crippen molar-refractivity contribution in [3.63, 3.8) is 0 Å². The monoisotopic (exact) mass is 366 g/mol. The van der Waals surface area contributed by atoms with Gasteiger partial charge in [-0.2, -0.15) is 0 Å². The summed E-state index contributed by atoms with van der Waals surface area (Å²) in [5.41, 5.74) is 0. The van der Waals surface area contributed by atoms with Crippen LogP contribution in [0.5, 0.6) is 0 Å². The molecule has 0 spiro atoms. The van der Waals surface area contributed by atoms with Crippen molar-refractivity contribution in [1.82, 2.24) is 0 Å². The zero-order chi connectivity index (χ0) is 18.2. The third-order valence-electron chi connectivity index (χ3n) is 4.55. The predicted octanol–water partition coefficient (Wildman–Crippen LogP) is 2.86. The second kappa shape index (κ2) is 8.75. The zero-order valence-electron chi connectivity index (χ0n) is 14.8. The van der Waals surface area contributed by atoms with E-state index in [1.807, 2.05) is 54.6 Å². The van der Waals surface area contributed by atoms with Crippen molar-refractivity contribution in [1.29, 1.82) is 0 Å². The van der Waals surface area contributed by atoms with Crippen LogP contribution in [0.2, 0.25) is 0 Å². The molecule has 0 aromatic heterocycles. The summed E-state index contributed by atoms with van der Waals surface area (Å²) in [4.78, 5) is 12.7. The van der Waals surface area contributed by atoms with E-state index in [1.54, 1.807) is 0 Å². The molecule has 0 unspecified atom stereocenters. The van der Waals surface area contributed by atoms with Gasteiger partial charge in [0.05, 0.1) is 0 Å². The summed E-state index contributed by atoms with van der Waals surface area (Å²) in [5, 5.41) is 3.56. The van der Waals surface area contributed by atoms with Gasteiger partial charge >= 0.3 is 154 Å². The van der Waals surface area contributed by atoms with Gasteiger partial charge in [-0.1, -0.05) is 0 Å². The van der Waals surface area contributed by atoms with Gasteiger partial charge in [-0.25, -0.2) is 0 Å². The molecule has 0 aliphatic heterocycles. The fourth-order valence-corrected chi connectivity index (χ4v) is 7.80. The Morgan fingerprint density at radius 2 is 1.12 bits per heavy atom. The average molecular weight is 366 g/mol. The molecule has 0 atom stereocenters. The van der Waals surface area contributed by atoms with Crippen LogP contribution >= 0.6 is 7.26 Å². The maximum absolute atomic E-state index is 12.7. The first kappa shape index (κ1) is 18.3. The van der Waals surface area contributed by atoms with E-state index < -0.39 is 7.26 Å². The Balaban J connectivity index is 2.19. The van der Waals surface area contributed by atoms with Gasteiger partial charge in [0.25, 0.3) is 0 Å². The number of esters is 1. The Labute approximate surface area is 154 Å². The molecule has 3 aromatic rings. The summed E-state index contributed by atoms with van der Waals surface area (Å²) in [5.74, 6) is -0.241. The van der Waals surface area contributed by atoms with Crippen molar-refractivity contribution < 1.29 is 14.3 Å². The van der Waals surface area contributed by atoms with Crippen LogP contribution < -0.4 is 15.9 Å². The molecule has 26 heavy (non-hydrogen) atoms. The number of benzene rings is 3. The summed E-state index contributed by atoms with van der Waals surface area (Å²) < 4.78 is 10.2. The molecule has 134 valence electrons. The van der Waals surface area contributed by atoms with Crippen molar-refractivity contribution in [2.75, 3.05) is 20.1 Å². The standard InChI is InChI=1S/C22H23O3P/c1-24-18-25-22(23)17-26(19-11-5-2-6-12-19,20-13-7-3-8-14-20)21-15-9-4-10-16-21/h2-16,26H,17-18H2,1H3.